The summed E-state index contributed by atoms with van der Waals surface area (Å²) in [4.78, 5) is 11.1. The van der Waals surface area contributed by atoms with Crippen LogP contribution in [0.4, 0.5) is 4.79 Å². The Labute approximate surface area is 89.4 Å². The van der Waals surface area contributed by atoms with Crippen molar-refractivity contribution >= 4 is 16.4 Å². The van der Waals surface area contributed by atoms with Crippen LogP contribution < -0.4 is 0 Å². The van der Waals surface area contributed by atoms with Gasteiger partial charge < -0.3 is 4.74 Å². The number of carbonyl (C=O) groups excluding carboxylic acids is 1. The molecule has 0 unspecified atom stereocenters. The lowest BCUT2D eigenvalue weighted by Gasteiger charge is -2.13. The molecule has 88 valence electrons. The summed E-state index contributed by atoms with van der Waals surface area (Å²) in [6.07, 6.45) is -0.588. The molecule has 0 spiro atoms. The van der Waals surface area contributed by atoms with E-state index >= 15 is 0 Å². The fraction of sp³-hybridized carbons (Fsp3) is 0.875. The van der Waals surface area contributed by atoms with Gasteiger partial charge in [-0.15, -0.1) is 0 Å². The fourth-order valence-electron chi connectivity index (χ4n) is 1.30. The summed E-state index contributed by atoms with van der Waals surface area (Å²) in [6.45, 7) is 3.84. The zero-order chi connectivity index (χ0) is 11.6. The smallest absolute Gasteiger partial charge is 0.425 e. The number of methoxy groups -OCH3 is 1. The molecule has 1 fully saturated rings. The highest BCUT2D eigenvalue weighted by atomic mass is 32.2. The zero-order valence-corrected chi connectivity index (χ0v) is 9.78. The Morgan fingerprint density at radius 3 is 2.73 bits per heavy atom. The van der Waals surface area contributed by atoms with Crippen molar-refractivity contribution in [3.05, 3.63) is 0 Å². The molecule has 0 bridgehead atoms. The predicted molar refractivity (Wildman–Crippen MR) is 52.4 cm³/mol. The van der Waals surface area contributed by atoms with Gasteiger partial charge in [0.1, 0.15) is 6.10 Å². The minimum atomic E-state index is -3.94. The monoisotopic (exact) mass is 237 g/mol. The SMILES string of the molecule is CC[C@H](C)[C@H]1CN(C(=O)OC)S(=O)(=O)O1. The third-order valence-corrected chi connectivity index (χ3v) is 3.85. The molecule has 1 heterocycles. The molecule has 1 amide bonds. The van der Waals surface area contributed by atoms with E-state index in [1.807, 2.05) is 13.8 Å². The number of nitrogens with zero attached hydrogens (tertiary/aromatic N) is 1. The van der Waals surface area contributed by atoms with Crippen LogP contribution in [0.15, 0.2) is 0 Å². The quantitative estimate of drug-likeness (QED) is 0.708. The lowest BCUT2D eigenvalue weighted by atomic mass is 10.0. The van der Waals surface area contributed by atoms with E-state index in [1.165, 1.54) is 0 Å². The highest BCUT2D eigenvalue weighted by Crippen LogP contribution is 2.25. The minimum Gasteiger partial charge on any atom is -0.452 e. The van der Waals surface area contributed by atoms with Gasteiger partial charge in [0.05, 0.1) is 13.7 Å². The highest BCUT2D eigenvalue weighted by Gasteiger charge is 2.42. The van der Waals surface area contributed by atoms with Crippen LogP contribution in [0.5, 0.6) is 0 Å². The molecule has 0 N–H and O–H groups in total. The summed E-state index contributed by atoms with van der Waals surface area (Å²) < 4.78 is 32.6. The van der Waals surface area contributed by atoms with E-state index < -0.39 is 22.5 Å². The first-order valence-electron chi connectivity index (χ1n) is 4.71. The van der Waals surface area contributed by atoms with E-state index in [0.29, 0.717) is 4.31 Å². The van der Waals surface area contributed by atoms with Crippen molar-refractivity contribution in [3.63, 3.8) is 0 Å². The standard InChI is InChI=1S/C8H15NO5S/c1-4-6(2)7-5-9(8(10)13-3)15(11,12)14-7/h6-7H,4-5H2,1-3H3/t6-,7+/m0/s1. The van der Waals surface area contributed by atoms with Crippen LogP contribution in [0.1, 0.15) is 20.3 Å². The molecule has 0 aromatic carbocycles. The minimum absolute atomic E-state index is 0.0318. The highest BCUT2D eigenvalue weighted by molar-refractivity contribution is 7.85. The van der Waals surface area contributed by atoms with Gasteiger partial charge in [-0.1, -0.05) is 20.3 Å². The molecule has 7 heteroatoms. The summed E-state index contributed by atoms with van der Waals surface area (Å²) in [6, 6.07) is 0. The van der Waals surface area contributed by atoms with E-state index in [2.05, 4.69) is 4.74 Å². The maximum Gasteiger partial charge on any atom is 0.425 e. The molecule has 0 aromatic heterocycles. The lowest BCUT2D eigenvalue weighted by molar-refractivity contribution is 0.143. The average molecular weight is 237 g/mol. The van der Waals surface area contributed by atoms with Crippen molar-refractivity contribution in [2.45, 2.75) is 26.4 Å². The van der Waals surface area contributed by atoms with Crippen molar-refractivity contribution in [1.82, 2.24) is 4.31 Å². The van der Waals surface area contributed by atoms with E-state index in [9.17, 15) is 13.2 Å². The summed E-state index contributed by atoms with van der Waals surface area (Å²) in [5, 5.41) is 0. The molecule has 2 atom stereocenters. The summed E-state index contributed by atoms with van der Waals surface area (Å²) in [5.41, 5.74) is 0. The largest absolute Gasteiger partial charge is 0.452 e. The molecule has 0 saturated carbocycles. The van der Waals surface area contributed by atoms with Crippen LogP contribution >= 0.6 is 0 Å². The summed E-state index contributed by atoms with van der Waals surface area (Å²) in [5.74, 6) is 0.0782. The van der Waals surface area contributed by atoms with Gasteiger partial charge in [-0.2, -0.15) is 12.7 Å². The third kappa shape index (κ3) is 2.40. The normalized spacial score (nSPS) is 26.3. The van der Waals surface area contributed by atoms with Crippen LogP contribution in [0.2, 0.25) is 0 Å². The van der Waals surface area contributed by atoms with Crippen molar-refractivity contribution in [2.24, 2.45) is 5.92 Å². The second kappa shape index (κ2) is 4.36. The van der Waals surface area contributed by atoms with E-state index in [1.54, 1.807) is 0 Å². The molecule has 15 heavy (non-hydrogen) atoms. The van der Waals surface area contributed by atoms with Gasteiger partial charge in [-0.05, 0) is 5.92 Å². The number of amides is 1. The Kier molecular flexibility index (Phi) is 3.56. The van der Waals surface area contributed by atoms with Gasteiger partial charge in [-0.25, -0.2) is 8.98 Å². The Balaban J connectivity index is 2.82. The number of carbonyl (C=O) groups is 1. The van der Waals surface area contributed by atoms with Crippen LogP contribution in [0.25, 0.3) is 0 Å². The first-order chi connectivity index (χ1) is 6.92. The molecular weight excluding hydrogens is 222 g/mol. The molecule has 0 radical (unpaired) electrons. The molecule has 0 aromatic rings. The van der Waals surface area contributed by atoms with Gasteiger partial charge in [0.15, 0.2) is 0 Å². The zero-order valence-electron chi connectivity index (χ0n) is 8.97. The maximum atomic E-state index is 11.4. The predicted octanol–water partition coefficient (Wildman–Crippen LogP) is 0.745. The molecule has 1 aliphatic rings. The molecule has 1 rings (SSSR count). The van der Waals surface area contributed by atoms with E-state index in [4.69, 9.17) is 4.18 Å². The van der Waals surface area contributed by atoms with E-state index in [-0.39, 0.29) is 12.5 Å². The lowest BCUT2D eigenvalue weighted by Crippen LogP contribution is -2.33. The van der Waals surface area contributed by atoms with Crippen LogP contribution in [0.3, 0.4) is 0 Å². The molecular formula is C8H15NO5S. The van der Waals surface area contributed by atoms with Gasteiger partial charge in [-0.3, -0.25) is 0 Å². The maximum absolute atomic E-state index is 11.4. The second-order valence-electron chi connectivity index (χ2n) is 3.48. The van der Waals surface area contributed by atoms with Crippen molar-refractivity contribution < 1.29 is 22.1 Å². The first kappa shape index (κ1) is 12.3. The number of hydrogen-bond donors (Lipinski definition) is 0. The van der Waals surface area contributed by atoms with Gasteiger partial charge >= 0.3 is 16.4 Å². The second-order valence-corrected chi connectivity index (χ2v) is 4.97. The van der Waals surface area contributed by atoms with Gasteiger partial charge in [0, 0.05) is 0 Å². The summed E-state index contributed by atoms with van der Waals surface area (Å²) >= 11 is 0. The average Bonchev–Trinajstić information content (AvgIpc) is 2.52. The van der Waals surface area contributed by atoms with E-state index in [0.717, 1.165) is 13.5 Å². The van der Waals surface area contributed by atoms with Crippen LogP contribution in [-0.2, 0) is 19.2 Å². The van der Waals surface area contributed by atoms with Crippen molar-refractivity contribution in [1.29, 1.82) is 0 Å². The van der Waals surface area contributed by atoms with Gasteiger partial charge in [0.25, 0.3) is 0 Å². The molecule has 6 nitrogen and oxygen atoms in total. The van der Waals surface area contributed by atoms with Crippen LogP contribution in [-0.4, -0.2) is 38.6 Å². The first-order valence-corrected chi connectivity index (χ1v) is 6.07. The third-order valence-electron chi connectivity index (χ3n) is 2.52. The number of rotatable bonds is 2. The fourth-order valence-corrected chi connectivity index (χ4v) is 2.55. The molecule has 1 saturated heterocycles. The molecule has 0 aliphatic carbocycles. The van der Waals surface area contributed by atoms with Crippen LogP contribution in [0, 0.1) is 5.92 Å². The van der Waals surface area contributed by atoms with Crippen molar-refractivity contribution in [2.75, 3.05) is 13.7 Å². The topological polar surface area (TPSA) is 72.9 Å². The summed E-state index contributed by atoms with van der Waals surface area (Å²) in [7, 11) is -2.81. The Morgan fingerprint density at radius 2 is 2.27 bits per heavy atom. The Hall–Kier alpha value is -0.820. The Bertz CT molecular complexity index is 339. The van der Waals surface area contributed by atoms with Gasteiger partial charge in [0.2, 0.25) is 0 Å². The number of hydrogen-bond acceptors (Lipinski definition) is 5. The number of ether oxygens (including phenoxy) is 1. The Morgan fingerprint density at radius 1 is 1.67 bits per heavy atom. The van der Waals surface area contributed by atoms with Crippen molar-refractivity contribution in [3.8, 4) is 0 Å². The molecule has 1 aliphatic heterocycles.